The number of benzene rings is 2. The normalized spacial score (nSPS) is 14.8. The summed E-state index contributed by atoms with van der Waals surface area (Å²) in [6.45, 7) is 8.00. The number of phenolic OH excluding ortho intramolecular Hbond substituents is 2. The van der Waals surface area contributed by atoms with E-state index >= 15 is 0 Å². The molecule has 0 heterocycles. The van der Waals surface area contributed by atoms with E-state index < -0.39 is 0 Å². The smallest absolute Gasteiger partial charge is 0.123 e. The molecule has 142 valence electrons. The molecule has 0 saturated carbocycles. The summed E-state index contributed by atoms with van der Waals surface area (Å²) < 4.78 is 0. The fourth-order valence-corrected chi connectivity index (χ4v) is 4.19. The molecule has 4 rings (SSSR count). The lowest BCUT2D eigenvalue weighted by Gasteiger charge is -2.25. The van der Waals surface area contributed by atoms with E-state index in [4.69, 9.17) is 0 Å². The van der Waals surface area contributed by atoms with Crippen molar-refractivity contribution in [3.05, 3.63) is 46.5 Å². The van der Waals surface area contributed by atoms with Gasteiger partial charge in [-0.05, 0) is 85.8 Å². The second kappa shape index (κ2) is 9.66. The molecule has 0 fully saturated rings. The van der Waals surface area contributed by atoms with E-state index in [1.807, 2.05) is 27.7 Å². The highest BCUT2D eigenvalue weighted by Crippen LogP contribution is 2.45. The topological polar surface area (TPSA) is 40.5 Å². The van der Waals surface area contributed by atoms with Crippen LogP contribution >= 0.6 is 0 Å². The van der Waals surface area contributed by atoms with Crippen LogP contribution in [0.4, 0.5) is 0 Å². The summed E-state index contributed by atoms with van der Waals surface area (Å²) in [5.74, 6) is 0.629. The van der Waals surface area contributed by atoms with Crippen molar-refractivity contribution in [1.82, 2.24) is 0 Å². The Labute approximate surface area is 158 Å². The van der Waals surface area contributed by atoms with Crippen molar-refractivity contribution in [1.29, 1.82) is 0 Å². The largest absolute Gasteiger partial charge is 0.507 e. The lowest BCUT2D eigenvalue weighted by molar-refractivity contribution is 0.466. The molecule has 0 amide bonds. The van der Waals surface area contributed by atoms with Crippen molar-refractivity contribution >= 4 is 0 Å². The maximum Gasteiger partial charge on any atom is 0.123 e. The van der Waals surface area contributed by atoms with Gasteiger partial charge in [0.2, 0.25) is 0 Å². The first-order valence-corrected chi connectivity index (χ1v) is 10.4. The highest BCUT2D eigenvalue weighted by atomic mass is 16.3. The number of rotatable bonds is 1. The molecule has 0 aliphatic heterocycles. The molecule has 2 N–H and O–H groups in total. The third kappa shape index (κ3) is 3.90. The summed E-state index contributed by atoms with van der Waals surface area (Å²) >= 11 is 0. The molecule has 2 aliphatic carbocycles. The Morgan fingerprint density at radius 2 is 0.885 bits per heavy atom. The van der Waals surface area contributed by atoms with Crippen LogP contribution in [0.2, 0.25) is 0 Å². The Bertz CT molecular complexity index is 668. The summed E-state index contributed by atoms with van der Waals surface area (Å²) in [7, 11) is 0. The second-order valence-electron chi connectivity index (χ2n) is 6.61. The molecule has 0 unspecified atom stereocenters. The van der Waals surface area contributed by atoms with E-state index in [0.717, 1.165) is 36.8 Å². The maximum absolute atomic E-state index is 10.5. The highest BCUT2D eigenvalue weighted by molar-refractivity contribution is 5.83. The fourth-order valence-electron chi connectivity index (χ4n) is 4.19. The molecule has 2 nitrogen and oxygen atoms in total. The minimum absolute atomic E-state index is 0.315. The first kappa shape index (κ1) is 20.4. The molecule has 0 saturated heterocycles. The average Bonchev–Trinajstić information content (AvgIpc) is 2.72. The standard InChI is InChI=1S/C20H22O2.2C2H6/c21-17-11-9-13-5-1-3-7-15(13)19(17)20-16-8-4-2-6-14(16)10-12-18(20)22;2*1-2/h9-12,21-22H,1-8H2;2*1-2H3. The average molecular weight is 355 g/mol. The molecule has 26 heavy (non-hydrogen) atoms. The monoisotopic (exact) mass is 354 g/mol. The Balaban J connectivity index is 0.000000570. The van der Waals surface area contributed by atoms with Crippen molar-refractivity contribution in [2.24, 2.45) is 0 Å². The molecule has 2 aromatic carbocycles. The van der Waals surface area contributed by atoms with Crippen molar-refractivity contribution in [3.8, 4) is 22.6 Å². The van der Waals surface area contributed by atoms with Crippen LogP contribution in [0.15, 0.2) is 24.3 Å². The number of hydrogen-bond acceptors (Lipinski definition) is 2. The minimum atomic E-state index is 0.315. The van der Waals surface area contributed by atoms with Gasteiger partial charge < -0.3 is 10.2 Å². The van der Waals surface area contributed by atoms with Gasteiger partial charge in [0.05, 0.1) is 0 Å². The van der Waals surface area contributed by atoms with Crippen molar-refractivity contribution in [2.45, 2.75) is 79.1 Å². The van der Waals surface area contributed by atoms with Crippen molar-refractivity contribution in [3.63, 3.8) is 0 Å². The summed E-state index contributed by atoms with van der Waals surface area (Å²) in [5.41, 5.74) is 6.97. The fraction of sp³-hybridized carbons (Fsp3) is 0.500. The molecule has 2 heteroatoms. The van der Waals surface area contributed by atoms with Crippen molar-refractivity contribution in [2.75, 3.05) is 0 Å². The second-order valence-corrected chi connectivity index (χ2v) is 6.61. The van der Waals surface area contributed by atoms with E-state index in [1.165, 1.54) is 47.9 Å². The quantitative estimate of drug-likeness (QED) is 0.607. The van der Waals surface area contributed by atoms with Crippen LogP contribution in [0.25, 0.3) is 11.1 Å². The molecule has 0 bridgehead atoms. The summed E-state index contributed by atoms with van der Waals surface area (Å²) in [4.78, 5) is 0. The lowest BCUT2D eigenvalue weighted by Crippen LogP contribution is -2.08. The van der Waals surface area contributed by atoms with E-state index in [2.05, 4.69) is 12.1 Å². The molecule has 2 aliphatic rings. The zero-order chi connectivity index (χ0) is 19.1. The van der Waals surface area contributed by atoms with Gasteiger partial charge in [-0.25, -0.2) is 0 Å². The Morgan fingerprint density at radius 3 is 1.27 bits per heavy atom. The number of aryl methyl sites for hydroxylation is 2. The first-order chi connectivity index (χ1) is 12.8. The molecule has 0 spiro atoms. The zero-order valence-corrected chi connectivity index (χ0v) is 16.9. The molecular formula is C24H34O2. The van der Waals surface area contributed by atoms with Gasteiger partial charge in [0.15, 0.2) is 0 Å². The third-order valence-electron chi connectivity index (χ3n) is 5.27. The third-order valence-corrected chi connectivity index (χ3v) is 5.27. The van der Waals surface area contributed by atoms with Gasteiger partial charge in [-0.1, -0.05) is 39.8 Å². The van der Waals surface area contributed by atoms with Gasteiger partial charge >= 0.3 is 0 Å². The van der Waals surface area contributed by atoms with Gasteiger partial charge in [0, 0.05) is 11.1 Å². The van der Waals surface area contributed by atoms with Crippen LogP contribution in [0.1, 0.15) is 75.6 Å². The predicted octanol–water partition coefficient (Wildman–Crippen LogP) is 6.57. The van der Waals surface area contributed by atoms with E-state index in [-0.39, 0.29) is 0 Å². The zero-order valence-electron chi connectivity index (χ0n) is 16.9. The highest BCUT2D eigenvalue weighted by Gasteiger charge is 2.24. The van der Waals surface area contributed by atoms with Gasteiger partial charge in [0.25, 0.3) is 0 Å². The van der Waals surface area contributed by atoms with Crippen LogP contribution in [-0.4, -0.2) is 10.2 Å². The Hall–Kier alpha value is -1.96. The van der Waals surface area contributed by atoms with Gasteiger partial charge in [-0.2, -0.15) is 0 Å². The number of phenols is 2. The van der Waals surface area contributed by atoms with Crippen LogP contribution in [0.3, 0.4) is 0 Å². The number of aromatic hydroxyl groups is 2. The van der Waals surface area contributed by atoms with Gasteiger partial charge in [-0.3, -0.25) is 0 Å². The van der Waals surface area contributed by atoms with Crippen LogP contribution < -0.4 is 0 Å². The van der Waals surface area contributed by atoms with Gasteiger partial charge in [0.1, 0.15) is 11.5 Å². The predicted molar refractivity (Wildman–Crippen MR) is 111 cm³/mol. The maximum atomic E-state index is 10.5. The number of fused-ring (bicyclic) bond motifs is 2. The summed E-state index contributed by atoms with van der Waals surface area (Å²) in [6, 6.07) is 7.72. The molecule has 0 aromatic heterocycles. The molecular weight excluding hydrogens is 320 g/mol. The molecule has 0 atom stereocenters. The van der Waals surface area contributed by atoms with Crippen molar-refractivity contribution < 1.29 is 10.2 Å². The number of hydrogen-bond donors (Lipinski definition) is 2. The summed E-state index contributed by atoms with van der Waals surface area (Å²) in [5, 5.41) is 21.1. The van der Waals surface area contributed by atoms with E-state index in [0.29, 0.717) is 11.5 Å². The van der Waals surface area contributed by atoms with E-state index in [9.17, 15) is 10.2 Å². The first-order valence-electron chi connectivity index (χ1n) is 10.4. The van der Waals surface area contributed by atoms with Crippen LogP contribution in [0.5, 0.6) is 11.5 Å². The minimum Gasteiger partial charge on any atom is -0.507 e. The molecule has 2 aromatic rings. The molecule has 0 radical (unpaired) electrons. The summed E-state index contributed by atoms with van der Waals surface area (Å²) in [6.07, 6.45) is 8.94. The Kier molecular flexibility index (Phi) is 7.56. The Morgan fingerprint density at radius 1 is 0.538 bits per heavy atom. The van der Waals surface area contributed by atoms with Crippen LogP contribution in [0, 0.1) is 0 Å². The van der Waals surface area contributed by atoms with E-state index in [1.54, 1.807) is 12.1 Å². The SMILES string of the molecule is CC.CC.Oc1ccc2c(c1-c1c(O)ccc3c1CCCC3)CCCC2. The van der Waals surface area contributed by atoms with Gasteiger partial charge in [-0.15, -0.1) is 0 Å². The van der Waals surface area contributed by atoms with Crippen LogP contribution in [-0.2, 0) is 25.7 Å². The lowest BCUT2D eigenvalue weighted by atomic mass is 9.80.